The highest BCUT2D eigenvalue weighted by Crippen LogP contribution is 2.28. The van der Waals surface area contributed by atoms with Crippen molar-refractivity contribution in [3.63, 3.8) is 0 Å². The van der Waals surface area contributed by atoms with E-state index in [4.69, 9.17) is 4.42 Å². The van der Waals surface area contributed by atoms with E-state index in [1.54, 1.807) is 19.1 Å². The summed E-state index contributed by atoms with van der Waals surface area (Å²) in [6.45, 7) is 3.33. The normalized spacial score (nSPS) is 19.3. The van der Waals surface area contributed by atoms with Crippen LogP contribution in [0.1, 0.15) is 38.0 Å². The molecule has 0 saturated carbocycles. The molecule has 1 aliphatic heterocycles. The average molecular weight is 369 g/mol. The summed E-state index contributed by atoms with van der Waals surface area (Å²) in [5.41, 5.74) is 0.529. The molecule has 2 N–H and O–H groups in total. The Hall–Kier alpha value is -3.09. The van der Waals surface area contributed by atoms with Crippen LogP contribution in [0.25, 0.3) is 0 Å². The van der Waals surface area contributed by atoms with E-state index in [0.29, 0.717) is 11.4 Å². The second-order valence-corrected chi connectivity index (χ2v) is 6.77. The molecule has 1 fully saturated rings. The standard InChI is InChI=1S/C20H23N3O4/c1-3-4-6-14-8-10-15(11-9-14)21-17(24)13-23-18(25)20(2,22-19(23)26)16-7-5-12-27-16/h5,7-12H,3-4,6,13H2,1-2H3,(H,21,24)(H,22,26). The van der Waals surface area contributed by atoms with Gasteiger partial charge in [-0.1, -0.05) is 25.5 Å². The van der Waals surface area contributed by atoms with E-state index >= 15 is 0 Å². The Morgan fingerprint density at radius 2 is 1.96 bits per heavy atom. The molecule has 0 spiro atoms. The number of carbonyl (C=O) groups is 3. The molecule has 4 amide bonds. The number of rotatable bonds is 7. The summed E-state index contributed by atoms with van der Waals surface area (Å²) in [4.78, 5) is 38.1. The summed E-state index contributed by atoms with van der Waals surface area (Å²) >= 11 is 0. The zero-order valence-electron chi connectivity index (χ0n) is 15.5. The van der Waals surface area contributed by atoms with E-state index in [1.165, 1.54) is 11.8 Å². The molecule has 2 heterocycles. The maximum atomic E-state index is 12.7. The summed E-state index contributed by atoms with van der Waals surface area (Å²) in [6.07, 6.45) is 4.67. The number of carbonyl (C=O) groups excluding carboxylic acids is 3. The van der Waals surface area contributed by atoms with Crippen molar-refractivity contribution in [1.82, 2.24) is 10.2 Å². The lowest BCUT2D eigenvalue weighted by molar-refractivity contribution is -0.134. The van der Waals surface area contributed by atoms with Gasteiger partial charge in [-0.15, -0.1) is 0 Å². The first-order valence-corrected chi connectivity index (χ1v) is 9.01. The number of urea groups is 1. The van der Waals surface area contributed by atoms with Crippen LogP contribution in [0.5, 0.6) is 0 Å². The summed E-state index contributed by atoms with van der Waals surface area (Å²) in [6, 6.07) is 10.2. The van der Waals surface area contributed by atoms with Crippen molar-refractivity contribution in [2.24, 2.45) is 0 Å². The molecule has 142 valence electrons. The molecule has 27 heavy (non-hydrogen) atoms. The molecule has 1 atom stereocenters. The Morgan fingerprint density at radius 1 is 1.22 bits per heavy atom. The van der Waals surface area contributed by atoms with E-state index in [0.717, 1.165) is 24.2 Å². The maximum Gasteiger partial charge on any atom is 0.325 e. The number of nitrogens with one attached hydrogen (secondary N) is 2. The zero-order chi connectivity index (χ0) is 19.4. The van der Waals surface area contributed by atoms with Gasteiger partial charge in [-0.25, -0.2) is 4.79 Å². The molecule has 0 bridgehead atoms. The highest BCUT2D eigenvalue weighted by molar-refractivity contribution is 6.10. The van der Waals surface area contributed by atoms with Crippen LogP contribution in [-0.4, -0.2) is 29.3 Å². The molecule has 0 aliphatic carbocycles. The average Bonchev–Trinajstić information content (AvgIpc) is 3.26. The molecule has 1 unspecified atom stereocenters. The van der Waals surface area contributed by atoms with Gasteiger partial charge in [0.2, 0.25) is 5.91 Å². The fourth-order valence-corrected chi connectivity index (χ4v) is 3.05. The van der Waals surface area contributed by atoms with Gasteiger partial charge in [-0.3, -0.25) is 14.5 Å². The quantitative estimate of drug-likeness (QED) is 0.734. The molecule has 1 aliphatic rings. The molecule has 7 heteroatoms. The lowest BCUT2D eigenvalue weighted by Crippen LogP contribution is -2.41. The number of hydrogen-bond acceptors (Lipinski definition) is 4. The lowest BCUT2D eigenvalue weighted by atomic mass is 9.99. The molecular formula is C20H23N3O4. The molecule has 1 saturated heterocycles. The van der Waals surface area contributed by atoms with Crippen molar-refractivity contribution < 1.29 is 18.8 Å². The Balaban J connectivity index is 1.62. The lowest BCUT2D eigenvalue weighted by Gasteiger charge is -2.18. The highest BCUT2D eigenvalue weighted by Gasteiger charge is 2.51. The minimum Gasteiger partial charge on any atom is -0.466 e. The fraction of sp³-hybridized carbons (Fsp3) is 0.350. The van der Waals surface area contributed by atoms with Crippen LogP contribution in [0, 0.1) is 0 Å². The minimum atomic E-state index is -1.30. The van der Waals surface area contributed by atoms with Gasteiger partial charge in [0.1, 0.15) is 12.3 Å². The molecular weight excluding hydrogens is 346 g/mol. The Bertz CT molecular complexity index is 829. The van der Waals surface area contributed by atoms with Crippen molar-refractivity contribution >= 4 is 23.5 Å². The minimum absolute atomic E-state index is 0.325. The van der Waals surface area contributed by atoms with Crippen molar-refractivity contribution in [2.45, 2.75) is 38.6 Å². The second-order valence-electron chi connectivity index (χ2n) is 6.77. The van der Waals surface area contributed by atoms with Crippen LogP contribution in [0.3, 0.4) is 0 Å². The Labute approximate surface area is 157 Å². The fourth-order valence-electron chi connectivity index (χ4n) is 3.05. The molecule has 7 nitrogen and oxygen atoms in total. The predicted molar refractivity (Wildman–Crippen MR) is 100.0 cm³/mol. The molecule has 1 aromatic heterocycles. The van der Waals surface area contributed by atoms with Crippen molar-refractivity contribution in [1.29, 1.82) is 0 Å². The van der Waals surface area contributed by atoms with Crippen LogP contribution < -0.4 is 10.6 Å². The van der Waals surface area contributed by atoms with E-state index < -0.39 is 23.4 Å². The summed E-state index contributed by atoms with van der Waals surface area (Å²) < 4.78 is 5.26. The second kappa shape index (κ2) is 7.65. The van der Waals surface area contributed by atoms with Crippen molar-refractivity contribution in [3.05, 3.63) is 54.0 Å². The number of furan rings is 1. The van der Waals surface area contributed by atoms with Gasteiger partial charge in [0, 0.05) is 5.69 Å². The van der Waals surface area contributed by atoms with Crippen LogP contribution in [-0.2, 0) is 21.5 Å². The largest absolute Gasteiger partial charge is 0.466 e. The number of unbranched alkanes of at least 4 members (excludes halogenated alkanes) is 1. The number of imide groups is 1. The van der Waals surface area contributed by atoms with Gasteiger partial charge in [0.25, 0.3) is 5.91 Å². The smallest absolute Gasteiger partial charge is 0.325 e. The van der Waals surface area contributed by atoms with E-state index in [-0.39, 0.29) is 6.54 Å². The van der Waals surface area contributed by atoms with Crippen molar-refractivity contribution in [3.8, 4) is 0 Å². The van der Waals surface area contributed by atoms with Gasteiger partial charge >= 0.3 is 6.03 Å². The van der Waals surface area contributed by atoms with Gasteiger partial charge in [-0.05, 0) is 49.6 Å². The highest BCUT2D eigenvalue weighted by atomic mass is 16.3. The third-order valence-corrected chi connectivity index (χ3v) is 4.65. The summed E-state index contributed by atoms with van der Waals surface area (Å²) in [5, 5.41) is 5.31. The summed E-state index contributed by atoms with van der Waals surface area (Å²) in [7, 11) is 0. The number of aryl methyl sites for hydroxylation is 1. The van der Waals surface area contributed by atoms with Crippen molar-refractivity contribution in [2.75, 3.05) is 11.9 Å². The number of nitrogens with zero attached hydrogens (tertiary/aromatic N) is 1. The maximum absolute atomic E-state index is 12.7. The first-order valence-electron chi connectivity index (χ1n) is 9.01. The topological polar surface area (TPSA) is 91.7 Å². The van der Waals surface area contributed by atoms with Crippen LogP contribution in [0.4, 0.5) is 10.5 Å². The predicted octanol–water partition coefficient (Wildman–Crippen LogP) is 3.03. The van der Waals surface area contributed by atoms with Crippen LogP contribution in [0.2, 0.25) is 0 Å². The SMILES string of the molecule is CCCCc1ccc(NC(=O)CN2C(=O)NC(C)(c3ccco3)C2=O)cc1. The molecule has 2 aromatic rings. The first-order chi connectivity index (χ1) is 12.9. The molecule has 0 radical (unpaired) electrons. The number of benzene rings is 1. The number of hydrogen-bond donors (Lipinski definition) is 2. The van der Waals surface area contributed by atoms with Crippen LogP contribution >= 0.6 is 0 Å². The van der Waals surface area contributed by atoms with Gasteiger partial charge in [-0.2, -0.15) is 0 Å². The Morgan fingerprint density at radius 3 is 2.59 bits per heavy atom. The van der Waals surface area contributed by atoms with Gasteiger partial charge in [0.05, 0.1) is 6.26 Å². The number of anilines is 1. The summed E-state index contributed by atoms with van der Waals surface area (Å²) in [5.74, 6) is -0.637. The van der Waals surface area contributed by atoms with Gasteiger partial charge < -0.3 is 15.1 Å². The Kier molecular flexibility index (Phi) is 5.30. The van der Waals surface area contributed by atoms with Crippen LogP contribution in [0.15, 0.2) is 47.1 Å². The molecule has 3 rings (SSSR count). The number of amides is 4. The van der Waals surface area contributed by atoms with E-state index in [1.807, 2.05) is 24.3 Å². The van der Waals surface area contributed by atoms with Gasteiger partial charge in [0.15, 0.2) is 5.54 Å². The first kappa shape index (κ1) is 18.7. The third kappa shape index (κ3) is 3.86. The van der Waals surface area contributed by atoms with E-state index in [2.05, 4.69) is 17.6 Å². The third-order valence-electron chi connectivity index (χ3n) is 4.65. The van der Waals surface area contributed by atoms with E-state index in [9.17, 15) is 14.4 Å². The zero-order valence-corrected chi connectivity index (χ0v) is 15.5. The monoisotopic (exact) mass is 369 g/mol. The molecule has 1 aromatic carbocycles.